The van der Waals surface area contributed by atoms with Crippen LogP contribution in [0.15, 0.2) is 54.6 Å². The summed E-state index contributed by atoms with van der Waals surface area (Å²) in [5, 5.41) is 3.48. The lowest BCUT2D eigenvalue weighted by Crippen LogP contribution is -2.51. The predicted molar refractivity (Wildman–Crippen MR) is 127 cm³/mol. The van der Waals surface area contributed by atoms with Gasteiger partial charge in [-0.05, 0) is 49.7 Å². The minimum absolute atomic E-state index is 0.121. The molecule has 34 heavy (non-hydrogen) atoms. The molecule has 2 saturated heterocycles. The summed E-state index contributed by atoms with van der Waals surface area (Å²) in [5.41, 5.74) is 3.11. The first-order valence-electron chi connectivity index (χ1n) is 11.5. The van der Waals surface area contributed by atoms with Crippen LogP contribution in [-0.2, 0) is 21.7 Å². The Labute approximate surface area is 199 Å². The van der Waals surface area contributed by atoms with Gasteiger partial charge in [0.2, 0.25) is 0 Å². The van der Waals surface area contributed by atoms with E-state index in [1.807, 2.05) is 18.2 Å². The van der Waals surface area contributed by atoms with E-state index in [1.54, 1.807) is 38.3 Å². The van der Waals surface area contributed by atoms with Gasteiger partial charge in [0.15, 0.2) is 0 Å². The first-order valence-corrected chi connectivity index (χ1v) is 11.5. The number of urea groups is 1. The van der Waals surface area contributed by atoms with Gasteiger partial charge in [0.05, 0.1) is 13.7 Å². The van der Waals surface area contributed by atoms with Crippen molar-refractivity contribution in [3.8, 4) is 5.75 Å². The molecule has 4 amide bonds. The fourth-order valence-electron chi connectivity index (χ4n) is 4.41. The second-order valence-electron chi connectivity index (χ2n) is 8.85. The van der Waals surface area contributed by atoms with Crippen LogP contribution in [0.2, 0.25) is 0 Å². The molecule has 180 valence electrons. The lowest BCUT2D eigenvalue weighted by Gasteiger charge is -2.24. The van der Waals surface area contributed by atoms with E-state index in [0.717, 1.165) is 44.2 Å². The molecule has 2 aromatic carbocycles. The Bertz CT molecular complexity index is 1030. The molecule has 0 radical (unpaired) electrons. The van der Waals surface area contributed by atoms with Crippen molar-refractivity contribution in [1.29, 1.82) is 0 Å². The van der Waals surface area contributed by atoms with Crippen LogP contribution in [-0.4, -0.2) is 72.5 Å². The Balaban J connectivity index is 1.31. The maximum absolute atomic E-state index is 13.1. The Morgan fingerprint density at radius 3 is 2.38 bits per heavy atom. The van der Waals surface area contributed by atoms with E-state index in [2.05, 4.69) is 32.7 Å². The molecule has 0 aromatic heterocycles. The Morgan fingerprint density at radius 1 is 1.00 bits per heavy atom. The highest BCUT2D eigenvalue weighted by Crippen LogP contribution is 2.29. The fraction of sp³-hybridized carbons (Fsp3) is 0.400. The van der Waals surface area contributed by atoms with E-state index in [1.165, 1.54) is 5.56 Å². The minimum atomic E-state index is -1.27. The van der Waals surface area contributed by atoms with Gasteiger partial charge in [-0.2, -0.15) is 5.01 Å². The largest absolute Gasteiger partial charge is 0.497 e. The van der Waals surface area contributed by atoms with Gasteiger partial charge in [0.1, 0.15) is 11.3 Å². The maximum atomic E-state index is 13.1. The quantitative estimate of drug-likeness (QED) is 0.605. The Hall–Kier alpha value is -3.43. The van der Waals surface area contributed by atoms with E-state index in [4.69, 9.17) is 4.74 Å². The molecule has 2 aromatic rings. The molecular weight excluding hydrogens is 434 g/mol. The summed E-state index contributed by atoms with van der Waals surface area (Å²) in [5.74, 6) is -0.269. The van der Waals surface area contributed by atoms with Gasteiger partial charge in [-0.3, -0.25) is 24.8 Å². The molecule has 2 N–H and O–H groups in total. The Morgan fingerprint density at radius 2 is 1.68 bits per heavy atom. The highest BCUT2D eigenvalue weighted by atomic mass is 16.5. The van der Waals surface area contributed by atoms with E-state index in [0.29, 0.717) is 11.3 Å². The number of imide groups is 1. The van der Waals surface area contributed by atoms with Crippen molar-refractivity contribution >= 4 is 17.8 Å². The van der Waals surface area contributed by atoms with Gasteiger partial charge in [-0.1, -0.05) is 42.5 Å². The highest BCUT2D eigenvalue weighted by molar-refractivity contribution is 6.08. The molecule has 4 rings (SSSR count). The summed E-state index contributed by atoms with van der Waals surface area (Å²) in [4.78, 5) is 42.8. The normalized spacial score (nSPS) is 21.8. The number of hydrogen-bond donors (Lipinski definition) is 2. The van der Waals surface area contributed by atoms with Crippen LogP contribution in [0.5, 0.6) is 5.75 Å². The molecule has 9 heteroatoms. The standard InChI is InChI=1S/C25H31N5O4/c1-25(20-9-11-21(34-2)12-10-20)23(32)30(24(33)26-25)27-22(31)18-29-14-6-13-28(15-16-29)17-19-7-4-3-5-8-19/h3-5,7-12H,6,13-18H2,1-2H3,(H,26,33)(H,27,31). The lowest BCUT2D eigenvalue weighted by molar-refractivity contribution is -0.139. The molecular formula is C25H31N5O4. The monoisotopic (exact) mass is 465 g/mol. The smallest absolute Gasteiger partial charge is 0.344 e. The number of hydrogen-bond acceptors (Lipinski definition) is 6. The molecule has 0 aliphatic carbocycles. The van der Waals surface area contributed by atoms with Crippen molar-refractivity contribution in [2.24, 2.45) is 0 Å². The summed E-state index contributed by atoms with van der Waals surface area (Å²) >= 11 is 0. The van der Waals surface area contributed by atoms with Crippen LogP contribution in [0, 0.1) is 0 Å². The second kappa shape index (κ2) is 10.2. The van der Waals surface area contributed by atoms with Crippen LogP contribution in [0.4, 0.5) is 4.79 Å². The first kappa shape index (κ1) is 23.7. The summed E-state index contributed by atoms with van der Waals surface area (Å²) < 4.78 is 5.16. The number of carbonyl (C=O) groups is 3. The number of nitrogens with zero attached hydrogens (tertiary/aromatic N) is 3. The van der Waals surface area contributed by atoms with Gasteiger partial charge >= 0.3 is 6.03 Å². The third-order valence-corrected chi connectivity index (χ3v) is 6.39. The predicted octanol–water partition coefficient (Wildman–Crippen LogP) is 1.70. The lowest BCUT2D eigenvalue weighted by atomic mass is 9.92. The zero-order valence-electron chi connectivity index (χ0n) is 19.6. The number of rotatable bonds is 7. The Kier molecular flexibility index (Phi) is 7.14. The molecule has 2 aliphatic rings. The fourth-order valence-corrected chi connectivity index (χ4v) is 4.41. The first-order chi connectivity index (χ1) is 16.4. The van der Waals surface area contributed by atoms with Crippen LogP contribution < -0.4 is 15.5 Å². The molecule has 0 bridgehead atoms. The summed E-state index contributed by atoms with van der Waals surface area (Å²) in [6.07, 6.45) is 0.943. The maximum Gasteiger partial charge on any atom is 0.344 e. The van der Waals surface area contributed by atoms with Crippen LogP contribution in [0.25, 0.3) is 0 Å². The van der Waals surface area contributed by atoms with Crippen molar-refractivity contribution in [2.45, 2.75) is 25.4 Å². The van der Waals surface area contributed by atoms with E-state index in [9.17, 15) is 14.4 Å². The molecule has 2 heterocycles. The van der Waals surface area contributed by atoms with Crippen molar-refractivity contribution in [2.75, 3.05) is 39.8 Å². The second-order valence-corrected chi connectivity index (χ2v) is 8.85. The van der Waals surface area contributed by atoms with E-state index in [-0.39, 0.29) is 12.5 Å². The van der Waals surface area contributed by atoms with Crippen LogP contribution >= 0.6 is 0 Å². The van der Waals surface area contributed by atoms with Gasteiger partial charge in [-0.15, -0.1) is 0 Å². The number of ether oxygens (including phenoxy) is 1. The zero-order valence-corrected chi connectivity index (χ0v) is 19.6. The summed E-state index contributed by atoms with van der Waals surface area (Å²) in [6, 6.07) is 16.6. The number of amides is 4. The number of hydrazine groups is 1. The SMILES string of the molecule is COc1ccc(C2(C)NC(=O)N(NC(=O)CN3CCCN(Cc4ccccc4)CC3)C2=O)cc1. The van der Waals surface area contributed by atoms with Gasteiger partial charge in [-0.25, -0.2) is 4.79 Å². The molecule has 0 spiro atoms. The topological polar surface area (TPSA) is 94.2 Å². The van der Waals surface area contributed by atoms with Gasteiger partial charge in [0.25, 0.3) is 11.8 Å². The van der Waals surface area contributed by atoms with Crippen LogP contribution in [0.1, 0.15) is 24.5 Å². The number of benzene rings is 2. The molecule has 1 unspecified atom stereocenters. The molecule has 1 atom stereocenters. The average molecular weight is 466 g/mol. The van der Waals surface area contributed by atoms with Gasteiger partial charge in [0, 0.05) is 19.6 Å². The third kappa shape index (κ3) is 5.21. The minimum Gasteiger partial charge on any atom is -0.497 e. The van der Waals surface area contributed by atoms with E-state index >= 15 is 0 Å². The van der Waals surface area contributed by atoms with Gasteiger partial charge < -0.3 is 10.1 Å². The number of carbonyl (C=O) groups excluding carboxylic acids is 3. The number of methoxy groups -OCH3 is 1. The molecule has 0 saturated carbocycles. The van der Waals surface area contributed by atoms with E-state index < -0.39 is 17.5 Å². The summed E-state index contributed by atoms with van der Waals surface area (Å²) in [6.45, 7) is 5.95. The van der Waals surface area contributed by atoms with Crippen molar-refractivity contribution in [1.82, 2.24) is 25.6 Å². The van der Waals surface area contributed by atoms with Crippen molar-refractivity contribution in [3.63, 3.8) is 0 Å². The zero-order chi connectivity index (χ0) is 24.1. The third-order valence-electron chi connectivity index (χ3n) is 6.39. The van der Waals surface area contributed by atoms with Crippen molar-refractivity contribution < 1.29 is 19.1 Å². The molecule has 9 nitrogen and oxygen atoms in total. The molecule has 2 aliphatic heterocycles. The molecule has 2 fully saturated rings. The average Bonchev–Trinajstić information content (AvgIpc) is 2.98. The van der Waals surface area contributed by atoms with Crippen LogP contribution in [0.3, 0.4) is 0 Å². The summed E-state index contributed by atoms with van der Waals surface area (Å²) in [7, 11) is 1.56. The van der Waals surface area contributed by atoms with Crippen molar-refractivity contribution in [3.05, 3.63) is 65.7 Å². The highest BCUT2D eigenvalue weighted by Gasteiger charge is 2.50. The number of nitrogens with one attached hydrogen (secondary N) is 2.